The van der Waals surface area contributed by atoms with E-state index >= 15 is 0 Å². The molecule has 0 bridgehead atoms. The van der Waals surface area contributed by atoms with E-state index in [4.69, 9.17) is 7.85 Å². The molecular weight excluding hydrogens is 157 g/mol. The molecule has 2 rings (SSSR count). The molecule has 0 spiro atoms. The molecule has 2 radical (unpaired) electrons. The first-order valence-electron chi connectivity index (χ1n) is 4.14. The van der Waals surface area contributed by atoms with Gasteiger partial charge in [-0.1, -0.05) is 35.8 Å². The molecule has 1 nitrogen and oxygen atoms in total. The van der Waals surface area contributed by atoms with Crippen molar-refractivity contribution in [3.63, 3.8) is 0 Å². The zero-order chi connectivity index (χ0) is 9.10. The van der Waals surface area contributed by atoms with Crippen molar-refractivity contribution in [2.75, 3.05) is 0 Å². The third-order valence-corrected chi connectivity index (χ3v) is 1.90. The number of hydrogen-bond acceptors (Lipinski definition) is 1. The quantitative estimate of drug-likeness (QED) is 0.584. The van der Waals surface area contributed by atoms with E-state index in [2.05, 4.69) is 4.98 Å². The molecule has 0 N–H and O–H groups in total. The molecular formula is C11H8BN. The van der Waals surface area contributed by atoms with E-state index in [0.29, 0.717) is 0 Å². The average Bonchev–Trinajstić information content (AvgIpc) is 2.20. The molecule has 1 aromatic carbocycles. The van der Waals surface area contributed by atoms with Crippen LogP contribution in [0.2, 0.25) is 0 Å². The first kappa shape index (κ1) is 8.05. The minimum atomic E-state index is 0.765. The molecule has 0 aliphatic carbocycles. The highest BCUT2D eigenvalue weighted by Gasteiger charge is 1.98. The minimum absolute atomic E-state index is 0.765. The fourth-order valence-corrected chi connectivity index (χ4v) is 1.25. The predicted molar refractivity (Wildman–Crippen MR) is 55.1 cm³/mol. The molecule has 1 heterocycles. The second kappa shape index (κ2) is 3.44. The summed E-state index contributed by atoms with van der Waals surface area (Å²) in [4.78, 5) is 4.23. The Kier molecular flexibility index (Phi) is 2.13. The number of aromatic nitrogens is 1. The molecule has 0 unspecified atom stereocenters. The Hall–Kier alpha value is -1.57. The third kappa shape index (κ3) is 1.62. The van der Waals surface area contributed by atoms with Gasteiger partial charge in [0, 0.05) is 6.20 Å². The van der Waals surface area contributed by atoms with Gasteiger partial charge in [0.1, 0.15) is 7.85 Å². The summed E-state index contributed by atoms with van der Waals surface area (Å²) in [6, 6.07) is 13.5. The highest BCUT2D eigenvalue weighted by atomic mass is 14.7. The van der Waals surface area contributed by atoms with Crippen LogP contribution in [0.25, 0.3) is 11.3 Å². The maximum Gasteiger partial charge on any atom is 0.114 e. The lowest BCUT2D eigenvalue weighted by Crippen LogP contribution is -2.05. The second-order valence-corrected chi connectivity index (χ2v) is 2.80. The van der Waals surface area contributed by atoms with Crippen LogP contribution in [-0.4, -0.2) is 12.8 Å². The molecule has 13 heavy (non-hydrogen) atoms. The van der Waals surface area contributed by atoms with E-state index < -0.39 is 0 Å². The van der Waals surface area contributed by atoms with Gasteiger partial charge in [0.2, 0.25) is 0 Å². The van der Waals surface area contributed by atoms with Crippen LogP contribution in [0.3, 0.4) is 0 Å². The first-order valence-corrected chi connectivity index (χ1v) is 4.14. The summed E-state index contributed by atoms with van der Waals surface area (Å²) in [6.07, 6.45) is 1.77. The van der Waals surface area contributed by atoms with Gasteiger partial charge >= 0.3 is 0 Å². The predicted octanol–water partition coefficient (Wildman–Crippen LogP) is 1.54. The van der Waals surface area contributed by atoms with Gasteiger partial charge in [-0.2, -0.15) is 0 Å². The third-order valence-electron chi connectivity index (χ3n) is 1.90. The van der Waals surface area contributed by atoms with Crippen molar-refractivity contribution in [2.45, 2.75) is 0 Å². The monoisotopic (exact) mass is 165 g/mol. The van der Waals surface area contributed by atoms with Crippen LogP contribution in [-0.2, 0) is 0 Å². The highest BCUT2D eigenvalue weighted by molar-refractivity contribution is 6.35. The van der Waals surface area contributed by atoms with E-state index in [-0.39, 0.29) is 0 Å². The van der Waals surface area contributed by atoms with Crippen LogP contribution < -0.4 is 5.46 Å². The van der Waals surface area contributed by atoms with Crippen LogP contribution in [0, 0.1) is 0 Å². The Balaban J connectivity index is 2.54. The van der Waals surface area contributed by atoms with E-state index in [9.17, 15) is 0 Å². The van der Waals surface area contributed by atoms with Crippen LogP contribution in [0.1, 0.15) is 0 Å². The van der Waals surface area contributed by atoms with Gasteiger partial charge in [0.05, 0.1) is 5.69 Å². The summed E-state index contributed by atoms with van der Waals surface area (Å²) < 4.78 is 0. The molecule has 0 saturated heterocycles. The Labute approximate surface area is 78.9 Å². The van der Waals surface area contributed by atoms with Crippen molar-refractivity contribution in [2.24, 2.45) is 0 Å². The van der Waals surface area contributed by atoms with Crippen LogP contribution in [0.4, 0.5) is 0 Å². The Bertz CT molecular complexity index is 398. The molecule has 0 aliphatic heterocycles. The number of benzene rings is 1. The molecule has 0 amide bonds. The topological polar surface area (TPSA) is 12.9 Å². The van der Waals surface area contributed by atoms with Crippen LogP contribution in [0.15, 0.2) is 48.7 Å². The van der Waals surface area contributed by atoms with E-state index in [1.165, 1.54) is 0 Å². The van der Waals surface area contributed by atoms with Crippen molar-refractivity contribution < 1.29 is 0 Å². The van der Waals surface area contributed by atoms with Crippen molar-refractivity contribution >= 4 is 13.3 Å². The summed E-state index contributed by atoms with van der Waals surface area (Å²) in [5, 5.41) is 0. The molecule has 0 fully saturated rings. The van der Waals surface area contributed by atoms with E-state index in [1.54, 1.807) is 6.20 Å². The fraction of sp³-hybridized carbons (Fsp3) is 0. The molecule has 0 aliphatic rings. The summed E-state index contributed by atoms with van der Waals surface area (Å²) in [7, 11) is 5.81. The Morgan fingerprint density at radius 2 is 1.69 bits per heavy atom. The second-order valence-electron chi connectivity index (χ2n) is 2.80. The molecule has 2 heteroatoms. The minimum Gasteiger partial charge on any atom is -0.256 e. The van der Waals surface area contributed by atoms with Gasteiger partial charge in [-0.15, -0.1) is 0 Å². The molecule has 2 aromatic rings. The number of pyridine rings is 1. The van der Waals surface area contributed by atoms with Gasteiger partial charge < -0.3 is 0 Å². The average molecular weight is 165 g/mol. The van der Waals surface area contributed by atoms with Gasteiger partial charge in [-0.3, -0.25) is 4.98 Å². The van der Waals surface area contributed by atoms with Gasteiger partial charge in [-0.25, -0.2) is 0 Å². The smallest absolute Gasteiger partial charge is 0.114 e. The lowest BCUT2D eigenvalue weighted by atomic mass is 9.89. The fourth-order valence-electron chi connectivity index (χ4n) is 1.25. The molecule has 0 atom stereocenters. The SMILES string of the molecule is [B]c1ccccc1-c1ccccn1. The normalized spacial score (nSPS) is 9.85. The van der Waals surface area contributed by atoms with Crippen LogP contribution >= 0.6 is 0 Å². The number of nitrogens with zero attached hydrogens (tertiary/aromatic N) is 1. The molecule has 0 saturated carbocycles. The van der Waals surface area contributed by atoms with Gasteiger partial charge in [-0.05, 0) is 17.7 Å². The maximum absolute atomic E-state index is 5.81. The van der Waals surface area contributed by atoms with Crippen LogP contribution in [0.5, 0.6) is 0 Å². The first-order chi connectivity index (χ1) is 6.38. The maximum atomic E-state index is 5.81. The van der Waals surface area contributed by atoms with E-state index in [1.807, 2.05) is 42.5 Å². The van der Waals surface area contributed by atoms with Gasteiger partial charge in [0.25, 0.3) is 0 Å². The summed E-state index contributed by atoms with van der Waals surface area (Å²) in [6.45, 7) is 0. The largest absolute Gasteiger partial charge is 0.256 e. The Morgan fingerprint density at radius 3 is 2.38 bits per heavy atom. The number of rotatable bonds is 1. The Morgan fingerprint density at radius 1 is 0.923 bits per heavy atom. The highest BCUT2D eigenvalue weighted by Crippen LogP contribution is 2.11. The van der Waals surface area contributed by atoms with Crippen molar-refractivity contribution in [1.29, 1.82) is 0 Å². The van der Waals surface area contributed by atoms with E-state index in [0.717, 1.165) is 16.7 Å². The lowest BCUT2D eigenvalue weighted by Gasteiger charge is -2.03. The summed E-state index contributed by atoms with van der Waals surface area (Å²) in [5.74, 6) is 0. The van der Waals surface area contributed by atoms with Crippen molar-refractivity contribution in [1.82, 2.24) is 4.98 Å². The summed E-state index contributed by atoms with van der Waals surface area (Å²) in [5.41, 5.74) is 2.67. The molecule has 1 aromatic heterocycles. The lowest BCUT2D eigenvalue weighted by molar-refractivity contribution is 1.33. The van der Waals surface area contributed by atoms with Gasteiger partial charge in [0.15, 0.2) is 0 Å². The zero-order valence-corrected chi connectivity index (χ0v) is 7.14. The summed E-state index contributed by atoms with van der Waals surface area (Å²) >= 11 is 0. The standard InChI is InChI=1S/C11H8BN/c12-10-6-2-1-5-9(10)11-7-3-4-8-13-11/h1-8H. The van der Waals surface area contributed by atoms with Crippen molar-refractivity contribution in [3.05, 3.63) is 48.7 Å². The van der Waals surface area contributed by atoms with Crippen molar-refractivity contribution in [3.8, 4) is 11.3 Å². The number of hydrogen-bond donors (Lipinski definition) is 0. The zero-order valence-electron chi connectivity index (χ0n) is 7.14. The molecule has 60 valence electrons.